The Bertz CT molecular complexity index is 698. The Balaban J connectivity index is 1.71. The van der Waals surface area contributed by atoms with Gasteiger partial charge in [-0.2, -0.15) is 0 Å². The maximum Gasteiger partial charge on any atom is 0.267 e. The normalized spacial score (nSPS) is 20.5. The Kier molecular flexibility index (Phi) is 6.12. The van der Waals surface area contributed by atoms with Gasteiger partial charge in [0.1, 0.15) is 5.69 Å². The third kappa shape index (κ3) is 4.42. The minimum absolute atomic E-state index is 0.271. The highest BCUT2D eigenvalue weighted by Crippen LogP contribution is 2.36. The molecule has 1 saturated carbocycles. The molecule has 6 nitrogen and oxygen atoms in total. The monoisotopic (exact) mass is 361 g/mol. The molecule has 1 aliphatic rings. The molecule has 0 atom stereocenters. The number of pyridine rings is 1. The van der Waals surface area contributed by atoms with Crippen LogP contribution in [0.1, 0.15) is 47.7 Å². The number of hydrogen-bond donors (Lipinski definition) is 1. The summed E-state index contributed by atoms with van der Waals surface area (Å²) in [4.78, 5) is 21.4. The topological polar surface area (TPSA) is 87.3 Å². The van der Waals surface area contributed by atoms with Crippen molar-refractivity contribution < 1.29 is 14.3 Å². The summed E-state index contributed by atoms with van der Waals surface area (Å²) < 4.78 is 10.8. The number of nitrogens with two attached hydrogens (primary N) is 1. The molecule has 1 fully saturated rings. The first kappa shape index (κ1) is 18.0. The fourth-order valence-electron chi connectivity index (χ4n) is 3.31. The molecule has 0 unspecified atom stereocenters. The van der Waals surface area contributed by atoms with Crippen LogP contribution in [0.5, 0.6) is 0 Å². The second kappa shape index (κ2) is 8.51. The predicted molar refractivity (Wildman–Crippen MR) is 96.7 cm³/mol. The molecule has 0 aromatic carbocycles. The number of amides is 1. The van der Waals surface area contributed by atoms with Gasteiger partial charge in [0, 0.05) is 13.3 Å². The molecule has 2 aromatic rings. The molecule has 1 amide bonds. The Morgan fingerprint density at radius 3 is 2.72 bits per heavy atom. The van der Waals surface area contributed by atoms with Crippen molar-refractivity contribution in [2.45, 2.75) is 37.7 Å². The summed E-state index contributed by atoms with van der Waals surface area (Å²) >= 11 is 1.50. The predicted octanol–water partition coefficient (Wildman–Crippen LogP) is 2.99. The van der Waals surface area contributed by atoms with Crippen molar-refractivity contribution in [3.8, 4) is 10.6 Å². The largest absolute Gasteiger partial charge is 0.382 e. The summed E-state index contributed by atoms with van der Waals surface area (Å²) in [5.41, 5.74) is 9.43. The maximum atomic E-state index is 11.9. The zero-order chi connectivity index (χ0) is 17.6. The number of carbonyl (C=O) groups excluding carboxylic acids is 1. The number of aromatic nitrogens is 2. The molecule has 0 aliphatic heterocycles. The van der Waals surface area contributed by atoms with Crippen LogP contribution in [0, 0.1) is 0 Å². The minimum atomic E-state index is -0.472. The standard InChI is InChI=1S/C18H23N3O3S/c1-23-8-9-24-13-4-2-12(3-5-13)14-6-7-15(16-10-20-11-25-16)21-17(14)18(19)22/h6-7,10-13H,2-5,8-9H2,1H3,(H2,19,22). The summed E-state index contributed by atoms with van der Waals surface area (Å²) in [6.07, 6.45) is 5.92. The van der Waals surface area contributed by atoms with E-state index in [1.54, 1.807) is 18.8 Å². The van der Waals surface area contributed by atoms with Crippen LogP contribution in [0.4, 0.5) is 0 Å². The van der Waals surface area contributed by atoms with Crippen LogP contribution >= 0.6 is 11.3 Å². The van der Waals surface area contributed by atoms with E-state index in [1.165, 1.54) is 11.3 Å². The number of ether oxygens (including phenoxy) is 2. The van der Waals surface area contributed by atoms with Crippen LogP contribution in [0.25, 0.3) is 10.6 Å². The summed E-state index contributed by atoms with van der Waals surface area (Å²) in [5, 5.41) is 0. The average Bonchev–Trinajstić information content (AvgIpc) is 3.17. The van der Waals surface area contributed by atoms with Crippen molar-refractivity contribution in [3.63, 3.8) is 0 Å². The van der Waals surface area contributed by atoms with Gasteiger partial charge in [0.15, 0.2) is 0 Å². The highest BCUT2D eigenvalue weighted by atomic mass is 32.1. The van der Waals surface area contributed by atoms with Crippen molar-refractivity contribution in [2.24, 2.45) is 5.73 Å². The van der Waals surface area contributed by atoms with Gasteiger partial charge in [-0.3, -0.25) is 9.78 Å². The van der Waals surface area contributed by atoms with Gasteiger partial charge in [-0.05, 0) is 43.2 Å². The summed E-state index contributed by atoms with van der Waals surface area (Å²) in [7, 11) is 1.68. The lowest BCUT2D eigenvalue weighted by Crippen LogP contribution is -2.24. The molecule has 7 heteroatoms. The molecule has 2 heterocycles. The first-order chi connectivity index (χ1) is 12.2. The number of hydrogen-bond acceptors (Lipinski definition) is 6. The van der Waals surface area contributed by atoms with Crippen LogP contribution in [-0.4, -0.2) is 42.3 Å². The summed E-state index contributed by atoms with van der Waals surface area (Å²) in [6, 6.07) is 3.95. The summed E-state index contributed by atoms with van der Waals surface area (Å²) in [5.74, 6) is -0.174. The van der Waals surface area contributed by atoms with Crippen molar-refractivity contribution in [1.82, 2.24) is 9.97 Å². The van der Waals surface area contributed by atoms with E-state index in [1.807, 2.05) is 12.1 Å². The van der Waals surface area contributed by atoms with E-state index >= 15 is 0 Å². The molecule has 134 valence electrons. The van der Waals surface area contributed by atoms with Crippen LogP contribution in [0.3, 0.4) is 0 Å². The van der Waals surface area contributed by atoms with Crippen molar-refractivity contribution in [3.05, 3.63) is 35.1 Å². The van der Waals surface area contributed by atoms with Gasteiger partial charge in [0.05, 0.1) is 35.4 Å². The second-order valence-corrected chi connectivity index (χ2v) is 7.09. The molecular weight excluding hydrogens is 338 g/mol. The highest BCUT2D eigenvalue weighted by molar-refractivity contribution is 7.13. The van der Waals surface area contributed by atoms with Gasteiger partial charge in [0.2, 0.25) is 0 Å². The van der Waals surface area contributed by atoms with Crippen LogP contribution in [0.2, 0.25) is 0 Å². The molecule has 3 rings (SSSR count). The van der Waals surface area contributed by atoms with Crippen LogP contribution in [0.15, 0.2) is 23.8 Å². The first-order valence-electron chi connectivity index (χ1n) is 8.49. The Morgan fingerprint density at radius 2 is 2.08 bits per heavy atom. The van der Waals surface area contributed by atoms with Gasteiger partial charge in [-0.25, -0.2) is 4.98 Å². The smallest absolute Gasteiger partial charge is 0.267 e. The second-order valence-electron chi connectivity index (χ2n) is 6.20. The molecule has 1 aliphatic carbocycles. The number of methoxy groups -OCH3 is 1. The van der Waals surface area contributed by atoms with Gasteiger partial charge in [-0.15, -0.1) is 11.3 Å². The molecule has 0 bridgehead atoms. The maximum absolute atomic E-state index is 11.9. The van der Waals surface area contributed by atoms with E-state index in [0.29, 0.717) is 24.8 Å². The van der Waals surface area contributed by atoms with Crippen LogP contribution < -0.4 is 5.73 Å². The van der Waals surface area contributed by atoms with Gasteiger partial charge in [-0.1, -0.05) is 6.07 Å². The molecule has 0 saturated heterocycles. The Hall–Kier alpha value is -1.83. The lowest BCUT2D eigenvalue weighted by atomic mass is 9.82. The molecule has 0 spiro atoms. The van der Waals surface area contributed by atoms with E-state index in [4.69, 9.17) is 15.2 Å². The van der Waals surface area contributed by atoms with Gasteiger partial charge in [0.25, 0.3) is 5.91 Å². The Morgan fingerprint density at radius 1 is 1.28 bits per heavy atom. The third-order valence-electron chi connectivity index (χ3n) is 4.60. The number of thiazole rings is 1. The summed E-state index contributed by atoms with van der Waals surface area (Å²) in [6.45, 7) is 1.25. The van der Waals surface area contributed by atoms with E-state index < -0.39 is 5.91 Å². The number of carbonyl (C=O) groups is 1. The molecule has 2 aromatic heterocycles. The highest BCUT2D eigenvalue weighted by Gasteiger charge is 2.26. The quantitative estimate of drug-likeness (QED) is 0.766. The zero-order valence-electron chi connectivity index (χ0n) is 14.3. The van der Waals surface area contributed by atoms with Crippen molar-refractivity contribution in [1.29, 1.82) is 0 Å². The fourth-order valence-corrected chi connectivity index (χ4v) is 3.91. The third-order valence-corrected chi connectivity index (χ3v) is 5.40. The van der Waals surface area contributed by atoms with E-state index in [-0.39, 0.29) is 6.10 Å². The van der Waals surface area contributed by atoms with Gasteiger partial charge >= 0.3 is 0 Å². The van der Waals surface area contributed by atoms with E-state index in [2.05, 4.69) is 9.97 Å². The number of rotatable bonds is 7. The van der Waals surface area contributed by atoms with Crippen molar-refractivity contribution in [2.75, 3.05) is 20.3 Å². The number of nitrogens with zero attached hydrogens (tertiary/aromatic N) is 2. The minimum Gasteiger partial charge on any atom is -0.382 e. The first-order valence-corrected chi connectivity index (χ1v) is 9.37. The molecule has 25 heavy (non-hydrogen) atoms. The molecular formula is C18H23N3O3S. The number of primary amides is 1. The molecule has 0 radical (unpaired) electrons. The Labute approximate surface area is 151 Å². The fraction of sp³-hybridized carbons (Fsp3) is 0.500. The lowest BCUT2D eigenvalue weighted by molar-refractivity contribution is -0.00283. The van der Waals surface area contributed by atoms with Gasteiger partial charge < -0.3 is 15.2 Å². The van der Waals surface area contributed by atoms with Crippen molar-refractivity contribution >= 4 is 17.2 Å². The van der Waals surface area contributed by atoms with E-state index in [0.717, 1.165) is 41.8 Å². The van der Waals surface area contributed by atoms with E-state index in [9.17, 15) is 4.79 Å². The molecule has 2 N–H and O–H groups in total. The lowest BCUT2D eigenvalue weighted by Gasteiger charge is -2.29. The average molecular weight is 361 g/mol. The zero-order valence-corrected chi connectivity index (χ0v) is 15.1. The van der Waals surface area contributed by atoms with Crippen LogP contribution in [-0.2, 0) is 9.47 Å². The SMILES string of the molecule is COCCOC1CCC(c2ccc(-c3cncs3)nc2C(N)=O)CC1.